The van der Waals surface area contributed by atoms with E-state index in [0.717, 1.165) is 5.56 Å². The highest BCUT2D eigenvalue weighted by Gasteiger charge is 2.19. The Bertz CT molecular complexity index is 1490. The maximum Gasteiger partial charge on any atom is 0.290 e. The molecular formula is C27H26N4O4S. The molecule has 0 bridgehead atoms. The van der Waals surface area contributed by atoms with Crippen molar-refractivity contribution < 1.29 is 14.6 Å². The molecule has 0 saturated heterocycles. The molecule has 1 N–H and O–H groups in total. The molecule has 0 saturated carbocycles. The number of benzene rings is 3. The molecule has 4 aromatic rings. The average molecular weight is 503 g/mol. The van der Waals surface area contributed by atoms with Crippen molar-refractivity contribution in [2.24, 2.45) is 10.2 Å². The number of aryl methyl sites for hydroxylation is 1. The van der Waals surface area contributed by atoms with Crippen LogP contribution in [0.25, 0.3) is 11.4 Å². The lowest BCUT2D eigenvalue weighted by Crippen LogP contribution is -2.23. The highest BCUT2D eigenvalue weighted by Crippen LogP contribution is 2.30. The minimum atomic E-state index is -0.597. The van der Waals surface area contributed by atoms with Crippen LogP contribution >= 0.6 is 12.2 Å². The number of aromatic hydroxyl groups is 1. The van der Waals surface area contributed by atoms with Crippen LogP contribution in [-0.4, -0.2) is 27.5 Å². The van der Waals surface area contributed by atoms with Crippen LogP contribution in [0.2, 0.25) is 0 Å². The van der Waals surface area contributed by atoms with E-state index < -0.39 is 11.4 Å². The standard InChI is InChI=1S/C27H26N4O4S/c1-4-34-22-14-8-19(9-15-22)28-29-24-25(32)30(20-10-6-18(3)7-11-20)27(36)31(26(24)33)21-12-16-23(17-13-21)35-5-2/h6-17,32H,4-5H2,1-3H3. The van der Waals surface area contributed by atoms with Crippen molar-refractivity contribution in [1.82, 2.24) is 9.13 Å². The SMILES string of the molecule is CCOc1ccc(N=Nc2c(O)n(-c3ccc(C)cc3)c(=S)n(-c3ccc(OCC)cc3)c2=O)cc1. The lowest BCUT2D eigenvalue weighted by atomic mass is 10.2. The van der Waals surface area contributed by atoms with Gasteiger partial charge in [-0.2, -0.15) is 5.11 Å². The fourth-order valence-corrected chi connectivity index (χ4v) is 3.95. The van der Waals surface area contributed by atoms with Gasteiger partial charge in [-0.3, -0.25) is 13.9 Å². The van der Waals surface area contributed by atoms with Crippen LogP contribution in [-0.2, 0) is 0 Å². The molecule has 0 spiro atoms. The van der Waals surface area contributed by atoms with Gasteiger partial charge in [0, 0.05) is 0 Å². The first kappa shape index (κ1) is 24.9. The van der Waals surface area contributed by atoms with E-state index in [0.29, 0.717) is 41.8 Å². The summed E-state index contributed by atoms with van der Waals surface area (Å²) >= 11 is 5.67. The van der Waals surface area contributed by atoms with E-state index in [-0.39, 0.29) is 10.5 Å². The van der Waals surface area contributed by atoms with Crippen molar-refractivity contribution in [3.63, 3.8) is 0 Å². The molecule has 8 nitrogen and oxygen atoms in total. The van der Waals surface area contributed by atoms with Gasteiger partial charge in [-0.1, -0.05) is 17.7 Å². The van der Waals surface area contributed by atoms with Gasteiger partial charge in [-0.25, -0.2) is 0 Å². The van der Waals surface area contributed by atoms with Gasteiger partial charge in [0.2, 0.25) is 11.6 Å². The summed E-state index contributed by atoms with van der Waals surface area (Å²) in [5, 5.41) is 19.5. The highest BCUT2D eigenvalue weighted by atomic mass is 32.1. The number of nitrogens with zero attached hydrogens (tertiary/aromatic N) is 4. The molecule has 0 atom stereocenters. The fraction of sp³-hybridized carbons (Fsp3) is 0.185. The Balaban J connectivity index is 1.89. The van der Waals surface area contributed by atoms with Gasteiger partial charge in [0.05, 0.1) is 30.3 Å². The maximum atomic E-state index is 13.5. The van der Waals surface area contributed by atoms with E-state index in [9.17, 15) is 9.90 Å². The van der Waals surface area contributed by atoms with Crippen LogP contribution < -0.4 is 15.0 Å². The molecule has 1 heterocycles. The quantitative estimate of drug-likeness (QED) is 0.217. The molecule has 0 aliphatic rings. The predicted octanol–water partition coefficient (Wildman–Crippen LogP) is 6.58. The van der Waals surface area contributed by atoms with Gasteiger partial charge in [-0.15, -0.1) is 5.11 Å². The van der Waals surface area contributed by atoms with Crippen LogP contribution in [0.3, 0.4) is 0 Å². The Morgan fingerprint density at radius 2 is 1.28 bits per heavy atom. The van der Waals surface area contributed by atoms with Crippen LogP contribution in [0.1, 0.15) is 19.4 Å². The minimum Gasteiger partial charge on any atom is -0.494 e. The number of rotatable bonds is 8. The molecule has 0 aliphatic heterocycles. The van der Waals surface area contributed by atoms with Crippen molar-refractivity contribution >= 4 is 23.6 Å². The first-order valence-electron chi connectivity index (χ1n) is 11.5. The zero-order valence-corrected chi connectivity index (χ0v) is 21.0. The number of hydrogen-bond acceptors (Lipinski definition) is 7. The Morgan fingerprint density at radius 3 is 1.83 bits per heavy atom. The highest BCUT2D eigenvalue weighted by molar-refractivity contribution is 7.71. The van der Waals surface area contributed by atoms with Gasteiger partial charge < -0.3 is 14.6 Å². The van der Waals surface area contributed by atoms with Gasteiger partial charge in [0.25, 0.3) is 5.56 Å². The van der Waals surface area contributed by atoms with Gasteiger partial charge in [0.1, 0.15) is 11.5 Å². The number of ether oxygens (including phenoxy) is 2. The largest absolute Gasteiger partial charge is 0.494 e. The lowest BCUT2D eigenvalue weighted by Gasteiger charge is -2.16. The second kappa shape index (κ2) is 11.0. The molecular weight excluding hydrogens is 476 g/mol. The van der Waals surface area contributed by atoms with Crippen LogP contribution in [0.4, 0.5) is 11.4 Å². The van der Waals surface area contributed by atoms with Crippen molar-refractivity contribution in [3.8, 4) is 28.8 Å². The van der Waals surface area contributed by atoms with Gasteiger partial charge in [-0.05, 0) is 93.7 Å². The fourth-order valence-electron chi connectivity index (χ4n) is 3.57. The zero-order valence-electron chi connectivity index (χ0n) is 20.2. The smallest absolute Gasteiger partial charge is 0.290 e. The summed E-state index contributed by atoms with van der Waals surface area (Å²) in [5.74, 6) is 0.969. The molecule has 0 radical (unpaired) electrons. The van der Waals surface area contributed by atoms with Gasteiger partial charge >= 0.3 is 0 Å². The molecule has 0 amide bonds. The minimum absolute atomic E-state index is 0.0885. The van der Waals surface area contributed by atoms with Gasteiger partial charge in [0.15, 0.2) is 4.77 Å². The molecule has 0 unspecified atom stereocenters. The first-order valence-corrected chi connectivity index (χ1v) is 11.9. The third-order valence-electron chi connectivity index (χ3n) is 5.32. The number of aromatic nitrogens is 2. The Labute approximate surface area is 213 Å². The summed E-state index contributed by atoms with van der Waals surface area (Å²) in [6.45, 7) is 6.82. The number of hydrogen-bond donors (Lipinski definition) is 1. The first-order chi connectivity index (χ1) is 17.4. The molecule has 9 heteroatoms. The number of azo groups is 1. The van der Waals surface area contributed by atoms with Crippen molar-refractivity contribution in [2.75, 3.05) is 13.2 Å². The average Bonchev–Trinajstić information content (AvgIpc) is 2.87. The van der Waals surface area contributed by atoms with E-state index in [4.69, 9.17) is 21.7 Å². The molecule has 4 rings (SSSR count). The predicted molar refractivity (Wildman–Crippen MR) is 142 cm³/mol. The van der Waals surface area contributed by atoms with Crippen molar-refractivity contribution in [3.05, 3.63) is 93.5 Å². The molecule has 3 aromatic carbocycles. The summed E-state index contributed by atoms with van der Waals surface area (Å²) < 4.78 is 13.8. The van der Waals surface area contributed by atoms with E-state index in [1.807, 2.05) is 45.0 Å². The van der Waals surface area contributed by atoms with E-state index in [1.54, 1.807) is 48.5 Å². The van der Waals surface area contributed by atoms with Crippen LogP contribution in [0, 0.1) is 11.7 Å². The third-order valence-corrected chi connectivity index (χ3v) is 5.69. The molecule has 0 aliphatic carbocycles. The molecule has 0 fully saturated rings. The normalized spacial score (nSPS) is 11.1. The molecule has 36 heavy (non-hydrogen) atoms. The summed E-state index contributed by atoms with van der Waals surface area (Å²) in [6.07, 6.45) is 0. The topological polar surface area (TPSA) is 90.3 Å². The molecule has 1 aromatic heterocycles. The summed E-state index contributed by atoms with van der Waals surface area (Å²) in [5.41, 5.74) is 1.79. The van der Waals surface area contributed by atoms with E-state index in [1.165, 1.54) is 9.13 Å². The second-order valence-electron chi connectivity index (χ2n) is 7.82. The van der Waals surface area contributed by atoms with E-state index in [2.05, 4.69) is 10.2 Å². The van der Waals surface area contributed by atoms with Crippen molar-refractivity contribution in [1.29, 1.82) is 0 Å². The maximum absolute atomic E-state index is 13.5. The third kappa shape index (κ3) is 5.21. The summed E-state index contributed by atoms with van der Waals surface area (Å²) in [4.78, 5) is 13.5. The molecule has 184 valence electrons. The van der Waals surface area contributed by atoms with E-state index >= 15 is 0 Å². The Kier molecular flexibility index (Phi) is 7.60. The Hall–Kier alpha value is -4.24. The zero-order chi connectivity index (χ0) is 25.7. The monoisotopic (exact) mass is 502 g/mol. The second-order valence-corrected chi connectivity index (χ2v) is 8.19. The lowest BCUT2D eigenvalue weighted by molar-refractivity contribution is 0.340. The summed E-state index contributed by atoms with van der Waals surface area (Å²) in [6, 6.07) is 21.3. The Morgan fingerprint density at radius 1 is 0.778 bits per heavy atom. The van der Waals surface area contributed by atoms with Crippen molar-refractivity contribution in [2.45, 2.75) is 20.8 Å². The summed E-state index contributed by atoms with van der Waals surface area (Å²) in [7, 11) is 0. The van der Waals surface area contributed by atoms with Crippen LogP contribution in [0.15, 0.2) is 87.8 Å². The van der Waals surface area contributed by atoms with Crippen LogP contribution in [0.5, 0.6) is 17.4 Å².